The smallest absolute Gasteiger partial charge is 0.184 e. The van der Waals surface area contributed by atoms with Crippen LogP contribution < -0.4 is 4.74 Å². The summed E-state index contributed by atoms with van der Waals surface area (Å²) in [7, 11) is 1.64. The molecule has 0 aliphatic rings. The zero-order valence-electron chi connectivity index (χ0n) is 9.94. The molecule has 0 N–H and O–H groups in total. The Morgan fingerprint density at radius 1 is 1.24 bits per heavy atom. The molecule has 0 unspecified atom stereocenters. The highest BCUT2D eigenvalue weighted by Gasteiger charge is 2.11. The minimum Gasteiger partial charge on any atom is -0.496 e. The summed E-state index contributed by atoms with van der Waals surface area (Å²) in [4.78, 5) is 0. The number of hydrogen-bond acceptors (Lipinski definition) is 4. The number of aryl methyl sites for hydroxylation is 2. The molecule has 0 radical (unpaired) electrons. The molecule has 1 aromatic carbocycles. The van der Waals surface area contributed by atoms with Crippen LogP contribution in [0.25, 0.3) is 11.3 Å². The van der Waals surface area contributed by atoms with Gasteiger partial charge in [0.05, 0.1) is 7.11 Å². The number of hydrogen-bond donors (Lipinski definition) is 0. The molecule has 0 aliphatic heterocycles. The number of nitriles is 1. The third-order valence-electron chi connectivity index (χ3n) is 2.63. The van der Waals surface area contributed by atoms with E-state index in [-0.39, 0.29) is 5.69 Å². The van der Waals surface area contributed by atoms with Gasteiger partial charge in [-0.15, -0.1) is 0 Å². The van der Waals surface area contributed by atoms with Crippen molar-refractivity contribution in [3.63, 3.8) is 0 Å². The first kappa shape index (κ1) is 11.2. The molecule has 1 aromatic heterocycles. The van der Waals surface area contributed by atoms with Crippen LogP contribution in [0.15, 0.2) is 22.7 Å². The number of ether oxygens (including phenoxy) is 1. The van der Waals surface area contributed by atoms with Gasteiger partial charge in [0.15, 0.2) is 11.5 Å². The van der Waals surface area contributed by atoms with Gasteiger partial charge in [-0.25, -0.2) is 0 Å². The Kier molecular flexibility index (Phi) is 2.84. The van der Waals surface area contributed by atoms with Gasteiger partial charge in [0.1, 0.15) is 11.8 Å². The lowest BCUT2D eigenvalue weighted by Gasteiger charge is -2.08. The molecule has 4 heteroatoms. The van der Waals surface area contributed by atoms with Crippen molar-refractivity contribution in [3.05, 3.63) is 35.0 Å². The summed E-state index contributed by atoms with van der Waals surface area (Å²) in [5.74, 6) is 1.44. The SMILES string of the molecule is COc1cc(C)c(-c2cc(C#N)no2)cc1C. The Bertz CT molecular complexity index is 594. The molecule has 0 saturated heterocycles. The number of aromatic nitrogens is 1. The lowest BCUT2D eigenvalue weighted by molar-refractivity contribution is 0.411. The Labute approximate surface area is 99.4 Å². The van der Waals surface area contributed by atoms with Gasteiger partial charge in [-0.05, 0) is 37.1 Å². The second-order valence-corrected chi connectivity index (χ2v) is 3.82. The number of benzene rings is 1. The van der Waals surface area contributed by atoms with Crippen LogP contribution in [0.1, 0.15) is 16.8 Å². The van der Waals surface area contributed by atoms with Gasteiger partial charge in [0, 0.05) is 11.6 Å². The molecule has 1 heterocycles. The van der Waals surface area contributed by atoms with Crippen molar-refractivity contribution >= 4 is 0 Å². The van der Waals surface area contributed by atoms with Crippen LogP contribution in [0.3, 0.4) is 0 Å². The van der Waals surface area contributed by atoms with Crippen molar-refractivity contribution < 1.29 is 9.26 Å². The fraction of sp³-hybridized carbons (Fsp3) is 0.231. The van der Waals surface area contributed by atoms with Gasteiger partial charge in [-0.2, -0.15) is 5.26 Å². The average molecular weight is 228 g/mol. The van der Waals surface area contributed by atoms with Crippen LogP contribution >= 0.6 is 0 Å². The maximum absolute atomic E-state index is 8.71. The molecule has 2 rings (SSSR count). The van der Waals surface area contributed by atoms with E-state index >= 15 is 0 Å². The molecule has 0 amide bonds. The zero-order valence-corrected chi connectivity index (χ0v) is 9.94. The molecule has 17 heavy (non-hydrogen) atoms. The predicted octanol–water partition coefficient (Wildman–Crippen LogP) is 2.84. The molecule has 2 aromatic rings. The van der Waals surface area contributed by atoms with E-state index in [9.17, 15) is 0 Å². The van der Waals surface area contributed by atoms with Crippen molar-refractivity contribution in [3.8, 4) is 23.1 Å². The number of rotatable bonds is 2. The quantitative estimate of drug-likeness (QED) is 0.793. The lowest BCUT2D eigenvalue weighted by atomic mass is 10.0. The van der Waals surface area contributed by atoms with E-state index < -0.39 is 0 Å². The van der Waals surface area contributed by atoms with E-state index in [1.165, 1.54) is 0 Å². The Morgan fingerprint density at radius 2 is 2.00 bits per heavy atom. The van der Waals surface area contributed by atoms with Crippen LogP contribution in [0.4, 0.5) is 0 Å². The molecule has 0 bridgehead atoms. The van der Waals surface area contributed by atoms with E-state index in [0.717, 1.165) is 22.4 Å². The molecule has 0 atom stereocenters. The monoisotopic (exact) mass is 228 g/mol. The van der Waals surface area contributed by atoms with Gasteiger partial charge in [0.2, 0.25) is 0 Å². The summed E-state index contributed by atoms with van der Waals surface area (Å²) in [5.41, 5.74) is 3.25. The van der Waals surface area contributed by atoms with Crippen molar-refractivity contribution in [2.75, 3.05) is 7.11 Å². The Morgan fingerprint density at radius 3 is 2.59 bits per heavy atom. The molecule has 0 spiro atoms. The summed E-state index contributed by atoms with van der Waals surface area (Å²) in [6, 6.07) is 7.49. The lowest BCUT2D eigenvalue weighted by Crippen LogP contribution is -1.90. The third-order valence-corrected chi connectivity index (χ3v) is 2.63. The van der Waals surface area contributed by atoms with Gasteiger partial charge in [-0.3, -0.25) is 0 Å². The average Bonchev–Trinajstić information content (AvgIpc) is 2.80. The van der Waals surface area contributed by atoms with Gasteiger partial charge >= 0.3 is 0 Å². The van der Waals surface area contributed by atoms with Crippen LogP contribution in [0, 0.1) is 25.2 Å². The molecule has 0 saturated carbocycles. The second kappa shape index (κ2) is 4.30. The maximum Gasteiger partial charge on any atom is 0.184 e. The highest BCUT2D eigenvalue weighted by atomic mass is 16.5. The highest BCUT2D eigenvalue weighted by Crippen LogP contribution is 2.30. The minimum atomic E-state index is 0.285. The summed E-state index contributed by atoms with van der Waals surface area (Å²) in [6.07, 6.45) is 0. The second-order valence-electron chi connectivity index (χ2n) is 3.82. The van der Waals surface area contributed by atoms with Gasteiger partial charge in [-0.1, -0.05) is 5.16 Å². The van der Waals surface area contributed by atoms with Crippen molar-refractivity contribution in [2.24, 2.45) is 0 Å². The Hall–Kier alpha value is -2.28. The van der Waals surface area contributed by atoms with Gasteiger partial charge < -0.3 is 9.26 Å². The third kappa shape index (κ3) is 2.00. The van der Waals surface area contributed by atoms with E-state index in [1.807, 2.05) is 32.0 Å². The standard InChI is InChI=1S/C13H12N2O2/c1-8-5-12(16-3)9(2)4-11(8)13-6-10(7-14)15-17-13/h4-6H,1-3H3. The van der Waals surface area contributed by atoms with Crippen LogP contribution in [0.2, 0.25) is 0 Å². The molecular formula is C13H12N2O2. The topological polar surface area (TPSA) is 59.0 Å². The summed E-state index contributed by atoms with van der Waals surface area (Å²) < 4.78 is 10.4. The van der Waals surface area contributed by atoms with E-state index in [4.69, 9.17) is 14.5 Å². The van der Waals surface area contributed by atoms with Gasteiger partial charge in [0.25, 0.3) is 0 Å². The largest absolute Gasteiger partial charge is 0.496 e. The number of methoxy groups -OCH3 is 1. The predicted molar refractivity (Wildman–Crippen MR) is 62.7 cm³/mol. The number of nitrogens with zero attached hydrogens (tertiary/aromatic N) is 2. The van der Waals surface area contributed by atoms with Crippen molar-refractivity contribution in [2.45, 2.75) is 13.8 Å². The van der Waals surface area contributed by atoms with Crippen molar-refractivity contribution in [1.82, 2.24) is 5.16 Å². The summed E-state index contributed by atoms with van der Waals surface area (Å²) >= 11 is 0. The molecule has 0 fully saturated rings. The normalized spacial score (nSPS) is 10.0. The minimum absolute atomic E-state index is 0.285. The van der Waals surface area contributed by atoms with Crippen LogP contribution in [0.5, 0.6) is 5.75 Å². The first-order chi connectivity index (χ1) is 8.15. The maximum atomic E-state index is 8.71. The first-order valence-electron chi connectivity index (χ1n) is 5.18. The molecule has 4 nitrogen and oxygen atoms in total. The Balaban J connectivity index is 2.53. The van der Waals surface area contributed by atoms with Crippen LogP contribution in [-0.2, 0) is 0 Å². The fourth-order valence-corrected chi connectivity index (χ4v) is 1.73. The molecular weight excluding hydrogens is 216 g/mol. The zero-order chi connectivity index (χ0) is 12.4. The van der Waals surface area contributed by atoms with Crippen LogP contribution in [-0.4, -0.2) is 12.3 Å². The summed E-state index contributed by atoms with van der Waals surface area (Å²) in [5, 5.41) is 12.4. The first-order valence-corrected chi connectivity index (χ1v) is 5.18. The molecule has 86 valence electrons. The molecule has 0 aliphatic carbocycles. The van der Waals surface area contributed by atoms with E-state index in [2.05, 4.69) is 5.16 Å². The van der Waals surface area contributed by atoms with E-state index in [1.54, 1.807) is 13.2 Å². The van der Waals surface area contributed by atoms with E-state index in [0.29, 0.717) is 5.76 Å². The summed E-state index contributed by atoms with van der Waals surface area (Å²) in [6.45, 7) is 3.93. The van der Waals surface area contributed by atoms with Crippen molar-refractivity contribution in [1.29, 1.82) is 5.26 Å². The highest BCUT2D eigenvalue weighted by molar-refractivity contribution is 5.65. The fourth-order valence-electron chi connectivity index (χ4n) is 1.73.